The molecule has 0 unspecified atom stereocenters. The molecule has 1 heterocycles. The number of hydrogen-bond acceptors (Lipinski definition) is 2. The topological polar surface area (TPSA) is 24.9 Å². The highest BCUT2D eigenvalue weighted by molar-refractivity contribution is 9.10. The van der Waals surface area contributed by atoms with Crippen LogP contribution in [0.5, 0.6) is 0 Å². The summed E-state index contributed by atoms with van der Waals surface area (Å²) in [5.41, 5.74) is 2.11. The van der Waals surface area contributed by atoms with Gasteiger partial charge in [-0.1, -0.05) is 29.3 Å². The van der Waals surface area contributed by atoms with Crippen LogP contribution in [0.25, 0.3) is 0 Å². The van der Waals surface area contributed by atoms with Crippen molar-refractivity contribution in [3.05, 3.63) is 56.7 Å². The van der Waals surface area contributed by atoms with Crippen molar-refractivity contribution in [2.75, 3.05) is 11.9 Å². The molecule has 5 heteroatoms. The Bertz CT molecular complexity index is 546. The molecule has 0 aliphatic rings. The van der Waals surface area contributed by atoms with Crippen LogP contribution in [0.15, 0.2) is 41.1 Å². The Labute approximate surface area is 124 Å². The molecule has 0 radical (unpaired) electrons. The van der Waals surface area contributed by atoms with Crippen LogP contribution in [0.2, 0.25) is 10.0 Å². The molecule has 0 aliphatic carbocycles. The van der Waals surface area contributed by atoms with Gasteiger partial charge >= 0.3 is 0 Å². The average molecular weight is 346 g/mol. The van der Waals surface area contributed by atoms with E-state index in [0.29, 0.717) is 10.0 Å². The molecule has 1 aromatic carbocycles. The van der Waals surface area contributed by atoms with Crippen molar-refractivity contribution in [3.63, 3.8) is 0 Å². The Morgan fingerprint density at radius 2 is 2.06 bits per heavy atom. The lowest BCUT2D eigenvalue weighted by Crippen LogP contribution is -2.05. The van der Waals surface area contributed by atoms with E-state index in [4.69, 9.17) is 23.2 Å². The molecule has 0 amide bonds. The minimum atomic E-state index is 0.661. The molecule has 0 saturated heterocycles. The van der Waals surface area contributed by atoms with E-state index in [2.05, 4.69) is 26.2 Å². The Balaban J connectivity index is 1.95. The number of anilines is 1. The molecule has 0 fully saturated rings. The fraction of sp³-hybridized carbons (Fsp3) is 0.154. The quantitative estimate of drug-likeness (QED) is 0.860. The predicted octanol–water partition coefficient (Wildman–Crippen LogP) is 4.81. The minimum absolute atomic E-state index is 0.661. The number of rotatable bonds is 4. The summed E-state index contributed by atoms with van der Waals surface area (Å²) in [5, 5.41) is 4.69. The number of nitrogens with zero attached hydrogens (tertiary/aromatic N) is 1. The van der Waals surface area contributed by atoms with Gasteiger partial charge < -0.3 is 5.32 Å². The monoisotopic (exact) mass is 344 g/mol. The zero-order valence-electron chi connectivity index (χ0n) is 9.46. The van der Waals surface area contributed by atoms with Crippen LogP contribution in [-0.4, -0.2) is 11.5 Å². The van der Waals surface area contributed by atoms with E-state index in [0.717, 1.165) is 28.7 Å². The van der Waals surface area contributed by atoms with Gasteiger partial charge in [-0.05, 0) is 46.1 Å². The summed E-state index contributed by atoms with van der Waals surface area (Å²) < 4.78 is 0.951. The molecule has 2 rings (SSSR count). The van der Waals surface area contributed by atoms with Gasteiger partial charge in [0.1, 0.15) is 0 Å². The number of aromatic nitrogens is 1. The number of pyridine rings is 1. The van der Waals surface area contributed by atoms with Crippen molar-refractivity contribution in [2.45, 2.75) is 6.42 Å². The Kier molecular flexibility index (Phi) is 4.87. The maximum atomic E-state index is 6.11. The molecule has 0 aliphatic heterocycles. The van der Waals surface area contributed by atoms with Gasteiger partial charge in [-0.2, -0.15) is 0 Å². The fourth-order valence-electron chi connectivity index (χ4n) is 1.57. The van der Waals surface area contributed by atoms with Crippen LogP contribution in [0, 0.1) is 0 Å². The second-order valence-corrected chi connectivity index (χ2v) is 5.47. The molecular formula is C13H11BrCl2N2. The van der Waals surface area contributed by atoms with Crippen molar-refractivity contribution >= 4 is 44.8 Å². The van der Waals surface area contributed by atoms with Crippen LogP contribution >= 0.6 is 39.1 Å². The summed E-state index contributed by atoms with van der Waals surface area (Å²) in [6.07, 6.45) is 4.35. The molecular weight excluding hydrogens is 335 g/mol. The standard InChI is InChI=1S/C13H11BrCl2N2/c14-11-8-17-5-4-13(11)18-6-3-9-1-2-10(15)7-12(9)16/h1-2,4-5,7-8H,3,6H2,(H,17,18). The van der Waals surface area contributed by atoms with Gasteiger partial charge in [-0.3, -0.25) is 4.98 Å². The third-order valence-corrected chi connectivity index (χ3v) is 3.72. The van der Waals surface area contributed by atoms with Gasteiger partial charge in [0.05, 0.1) is 10.2 Å². The molecule has 2 aromatic rings. The maximum absolute atomic E-state index is 6.11. The van der Waals surface area contributed by atoms with Crippen LogP contribution in [0.4, 0.5) is 5.69 Å². The predicted molar refractivity (Wildman–Crippen MR) is 80.6 cm³/mol. The van der Waals surface area contributed by atoms with Crippen molar-refractivity contribution in [1.29, 1.82) is 0 Å². The molecule has 0 atom stereocenters. The molecule has 0 bridgehead atoms. The number of halogens is 3. The minimum Gasteiger partial charge on any atom is -0.384 e. The van der Waals surface area contributed by atoms with Crippen molar-refractivity contribution in [3.8, 4) is 0 Å². The lowest BCUT2D eigenvalue weighted by Gasteiger charge is -2.09. The maximum Gasteiger partial charge on any atom is 0.0590 e. The van der Waals surface area contributed by atoms with Gasteiger partial charge in [0.25, 0.3) is 0 Å². The highest BCUT2D eigenvalue weighted by Gasteiger charge is 2.02. The third-order valence-electron chi connectivity index (χ3n) is 2.50. The van der Waals surface area contributed by atoms with E-state index in [9.17, 15) is 0 Å². The van der Waals surface area contributed by atoms with Gasteiger partial charge in [0, 0.05) is 29.0 Å². The van der Waals surface area contributed by atoms with E-state index in [1.807, 2.05) is 18.2 Å². The second-order valence-electron chi connectivity index (χ2n) is 3.77. The van der Waals surface area contributed by atoms with Crippen molar-refractivity contribution in [1.82, 2.24) is 4.98 Å². The molecule has 2 nitrogen and oxygen atoms in total. The summed E-state index contributed by atoms with van der Waals surface area (Å²) in [5.74, 6) is 0. The van der Waals surface area contributed by atoms with E-state index in [1.54, 1.807) is 18.5 Å². The molecule has 0 spiro atoms. The van der Waals surface area contributed by atoms with Gasteiger partial charge in [0.2, 0.25) is 0 Å². The molecule has 1 N–H and O–H groups in total. The summed E-state index contributed by atoms with van der Waals surface area (Å²) in [7, 11) is 0. The van der Waals surface area contributed by atoms with Crippen LogP contribution in [-0.2, 0) is 6.42 Å². The van der Waals surface area contributed by atoms with Gasteiger partial charge in [-0.15, -0.1) is 0 Å². The van der Waals surface area contributed by atoms with Crippen LogP contribution in [0.1, 0.15) is 5.56 Å². The van der Waals surface area contributed by atoms with Gasteiger partial charge in [0.15, 0.2) is 0 Å². The first-order valence-corrected chi connectivity index (χ1v) is 6.99. The van der Waals surface area contributed by atoms with Crippen LogP contribution in [0.3, 0.4) is 0 Å². The number of benzene rings is 1. The van der Waals surface area contributed by atoms with Crippen LogP contribution < -0.4 is 5.32 Å². The summed E-state index contributed by atoms with van der Waals surface area (Å²) in [6, 6.07) is 7.49. The van der Waals surface area contributed by atoms with E-state index in [-0.39, 0.29) is 0 Å². The van der Waals surface area contributed by atoms with E-state index in [1.165, 1.54) is 0 Å². The summed E-state index contributed by atoms with van der Waals surface area (Å²) in [4.78, 5) is 4.01. The normalized spacial score (nSPS) is 10.4. The van der Waals surface area contributed by atoms with Crippen molar-refractivity contribution < 1.29 is 0 Å². The lowest BCUT2D eigenvalue weighted by molar-refractivity contribution is 1.02. The first kappa shape index (κ1) is 13.7. The highest BCUT2D eigenvalue weighted by Crippen LogP contribution is 2.23. The fourth-order valence-corrected chi connectivity index (χ4v) is 2.47. The zero-order valence-corrected chi connectivity index (χ0v) is 12.6. The third kappa shape index (κ3) is 3.61. The van der Waals surface area contributed by atoms with E-state index < -0.39 is 0 Å². The average Bonchev–Trinajstić information content (AvgIpc) is 2.34. The zero-order chi connectivity index (χ0) is 13.0. The van der Waals surface area contributed by atoms with Crippen molar-refractivity contribution in [2.24, 2.45) is 0 Å². The smallest absolute Gasteiger partial charge is 0.0590 e. The molecule has 18 heavy (non-hydrogen) atoms. The number of nitrogens with one attached hydrogen (secondary N) is 1. The van der Waals surface area contributed by atoms with E-state index >= 15 is 0 Å². The summed E-state index contributed by atoms with van der Waals surface area (Å²) >= 11 is 15.4. The SMILES string of the molecule is Clc1ccc(CCNc2ccncc2Br)c(Cl)c1. The summed E-state index contributed by atoms with van der Waals surface area (Å²) in [6.45, 7) is 0.796. The molecule has 94 valence electrons. The second kappa shape index (κ2) is 6.41. The Morgan fingerprint density at radius 1 is 1.22 bits per heavy atom. The Hall–Kier alpha value is -0.770. The Morgan fingerprint density at radius 3 is 2.78 bits per heavy atom. The molecule has 0 saturated carbocycles. The largest absolute Gasteiger partial charge is 0.384 e. The highest BCUT2D eigenvalue weighted by atomic mass is 79.9. The first-order valence-electron chi connectivity index (χ1n) is 5.44. The first-order chi connectivity index (χ1) is 8.66. The molecule has 1 aromatic heterocycles. The number of hydrogen-bond donors (Lipinski definition) is 1. The lowest BCUT2D eigenvalue weighted by atomic mass is 10.1. The van der Waals surface area contributed by atoms with Gasteiger partial charge in [-0.25, -0.2) is 0 Å².